The molecule has 0 aliphatic heterocycles. The third kappa shape index (κ3) is 2.45. The van der Waals surface area contributed by atoms with Crippen LogP contribution < -0.4 is 10.1 Å². The van der Waals surface area contributed by atoms with Crippen LogP contribution in [0.25, 0.3) is 22.4 Å². The first-order valence-electron chi connectivity index (χ1n) is 6.57. The molecule has 1 heterocycles. The Balaban J connectivity index is 2.01. The number of carbonyl (C=O) groups excluding carboxylic acids is 1. The maximum Gasteiger partial charge on any atom is 0.251 e. The van der Waals surface area contributed by atoms with Crippen LogP contribution in [0.3, 0.4) is 0 Å². The monoisotopic (exact) mass is 281 g/mol. The van der Waals surface area contributed by atoms with Gasteiger partial charge < -0.3 is 15.0 Å². The van der Waals surface area contributed by atoms with Crippen molar-refractivity contribution >= 4 is 16.9 Å². The molecule has 3 aromatic rings. The van der Waals surface area contributed by atoms with E-state index in [0.717, 1.165) is 28.2 Å². The normalized spacial score (nSPS) is 10.6. The predicted molar refractivity (Wildman–Crippen MR) is 81.5 cm³/mol. The first-order valence-corrected chi connectivity index (χ1v) is 6.57. The van der Waals surface area contributed by atoms with Gasteiger partial charge in [-0.05, 0) is 42.5 Å². The van der Waals surface area contributed by atoms with Gasteiger partial charge in [0.1, 0.15) is 11.6 Å². The van der Waals surface area contributed by atoms with Crippen molar-refractivity contribution in [2.75, 3.05) is 14.2 Å². The Morgan fingerprint density at radius 3 is 2.62 bits per heavy atom. The van der Waals surface area contributed by atoms with E-state index in [1.807, 2.05) is 30.3 Å². The topological polar surface area (TPSA) is 67.0 Å². The number of nitrogens with one attached hydrogen (secondary N) is 2. The van der Waals surface area contributed by atoms with Crippen LogP contribution in [-0.4, -0.2) is 30.0 Å². The number of aromatic nitrogens is 2. The second kappa shape index (κ2) is 5.28. The molecule has 2 aromatic carbocycles. The Hall–Kier alpha value is -2.82. The molecule has 21 heavy (non-hydrogen) atoms. The summed E-state index contributed by atoms with van der Waals surface area (Å²) in [6, 6.07) is 13.1. The van der Waals surface area contributed by atoms with Crippen molar-refractivity contribution in [2.24, 2.45) is 0 Å². The number of ether oxygens (including phenoxy) is 1. The van der Waals surface area contributed by atoms with Crippen LogP contribution in [0.2, 0.25) is 0 Å². The number of benzene rings is 2. The Kier molecular flexibility index (Phi) is 3.31. The summed E-state index contributed by atoms with van der Waals surface area (Å²) in [5, 5.41) is 2.61. The van der Waals surface area contributed by atoms with Gasteiger partial charge in [-0.3, -0.25) is 4.79 Å². The summed E-state index contributed by atoms with van der Waals surface area (Å²) in [5.74, 6) is 1.45. The second-order valence-corrected chi connectivity index (χ2v) is 4.62. The summed E-state index contributed by atoms with van der Waals surface area (Å²) >= 11 is 0. The van der Waals surface area contributed by atoms with Crippen LogP contribution in [0.5, 0.6) is 5.75 Å². The number of nitrogens with zero attached hydrogens (tertiary/aromatic N) is 1. The van der Waals surface area contributed by atoms with Gasteiger partial charge in [0.05, 0.1) is 18.1 Å². The Bertz CT molecular complexity index is 791. The minimum absolute atomic E-state index is 0.113. The number of hydrogen-bond acceptors (Lipinski definition) is 3. The molecule has 5 heteroatoms. The number of aromatic amines is 1. The Morgan fingerprint density at radius 2 is 1.95 bits per heavy atom. The fourth-order valence-electron chi connectivity index (χ4n) is 2.18. The number of H-pyrrole nitrogens is 1. The van der Waals surface area contributed by atoms with Crippen LogP contribution >= 0.6 is 0 Å². The van der Waals surface area contributed by atoms with Gasteiger partial charge in [0.25, 0.3) is 5.91 Å². The molecule has 3 rings (SSSR count). The second-order valence-electron chi connectivity index (χ2n) is 4.62. The lowest BCUT2D eigenvalue weighted by Crippen LogP contribution is -2.17. The highest BCUT2D eigenvalue weighted by Gasteiger charge is 2.09. The minimum atomic E-state index is -0.113. The van der Waals surface area contributed by atoms with E-state index in [9.17, 15) is 4.79 Å². The Morgan fingerprint density at radius 1 is 1.19 bits per heavy atom. The van der Waals surface area contributed by atoms with Gasteiger partial charge in [0, 0.05) is 18.2 Å². The van der Waals surface area contributed by atoms with Gasteiger partial charge in [-0.25, -0.2) is 4.98 Å². The Labute approximate surface area is 122 Å². The molecule has 2 N–H and O–H groups in total. The van der Waals surface area contributed by atoms with Crippen molar-refractivity contribution in [3.8, 4) is 17.1 Å². The molecule has 0 unspecified atom stereocenters. The highest BCUT2D eigenvalue weighted by molar-refractivity contribution is 5.97. The van der Waals surface area contributed by atoms with E-state index in [-0.39, 0.29) is 5.91 Å². The van der Waals surface area contributed by atoms with Crippen LogP contribution in [0, 0.1) is 0 Å². The highest BCUT2D eigenvalue weighted by Crippen LogP contribution is 2.23. The van der Waals surface area contributed by atoms with E-state index in [1.165, 1.54) is 0 Å². The molecule has 106 valence electrons. The molecule has 0 atom stereocenters. The summed E-state index contributed by atoms with van der Waals surface area (Å²) in [6.07, 6.45) is 0. The van der Waals surface area contributed by atoms with Crippen LogP contribution in [0.4, 0.5) is 0 Å². The van der Waals surface area contributed by atoms with Crippen molar-refractivity contribution < 1.29 is 9.53 Å². The number of methoxy groups -OCH3 is 1. The molecule has 1 amide bonds. The standard InChI is InChI=1S/C16H15N3O2/c1-17-16(20)11-5-8-13-14(9-11)19-15(18-13)10-3-6-12(21-2)7-4-10/h3-9H,1-2H3,(H,17,20)(H,18,19). The quantitative estimate of drug-likeness (QED) is 0.775. The van der Waals surface area contributed by atoms with E-state index >= 15 is 0 Å². The molecule has 1 aromatic heterocycles. The van der Waals surface area contributed by atoms with Gasteiger partial charge in [0.15, 0.2) is 0 Å². The lowest BCUT2D eigenvalue weighted by molar-refractivity contribution is 0.0963. The molecule has 0 aliphatic carbocycles. The van der Waals surface area contributed by atoms with Gasteiger partial charge in [-0.15, -0.1) is 0 Å². The summed E-state index contributed by atoms with van der Waals surface area (Å²) in [5.41, 5.74) is 3.24. The van der Waals surface area contributed by atoms with E-state index in [1.54, 1.807) is 26.3 Å². The van der Waals surface area contributed by atoms with Gasteiger partial charge in [-0.1, -0.05) is 0 Å². The summed E-state index contributed by atoms with van der Waals surface area (Å²) in [6.45, 7) is 0. The maximum atomic E-state index is 11.6. The fourth-order valence-corrected chi connectivity index (χ4v) is 2.18. The van der Waals surface area contributed by atoms with E-state index in [2.05, 4.69) is 15.3 Å². The average molecular weight is 281 g/mol. The van der Waals surface area contributed by atoms with Gasteiger partial charge in [0.2, 0.25) is 0 Å². The third-order valence-corrected chi connectivity index (χ3v) is 3.33. The van der Waals surface area contributed by atoms with E-state index in [0.29, 0.717) is 5.56 Å². The molecular weight excluding hydrogens is 266 g/mol. The molecule has 0 saturated carbocycles. The molecule has 0 spiro atoms. The lowest BCUT2D eigenvalue weighted by atomic mass is 10.2. The zero-order valence-corrected chi connectivity index (χ0v) is 11.8. The summed E-state index contributed by atoms with van der Waals surface area (Å²) < 4.78 is 5.14. The van der Waals surface area contributed by atoms with Crippen molar-refractivity contribution in [2.45, 2.75) is 0 Å². The molecule has 0 bridgehead atoms. The highest BCUT2D eigenvalue weighted by atomic mass is 16.5. The predicted octanol–water partition coefficient (Wildman–Crippen LogP) is 2.60. The number of amides is 1. The molecule has 0 aliphatic rings. The minimum Gasteiger partial charge on any atom is -0.497 e. The SMILES string of the molecule is CNC(=O)c1ccc2nc(-c3ccc(OC)cc3)[nH]c2c1. The molecule has 0 saturated heterocycles. The maximum absolute atomic E-state index is 11.6. The smallest absolute Gasteiger partial charge is 0.251 e. The van der Waals surface area contributed by atoms with Gasteiger partial charge >= 0.3 is 0 Å². The number of carbonyl (C=O) groups is 1. The zero-order valence-electron chi connectivity index (χ0n) is 11.8. The first-order chi connectivity index (χ1) is 10.2. The van der Waals surface area contributed by atoms with Crippen molar-refractivity contribution in [1.29, 1.82) is 0 Å². The van der Waals surface area contributed by atoms with E-state index < -0.39 is 0 Å². The summed E-state index contributed by atoms with van der Waals surface area (Å²) in [7, 11) is 3.25. The molecule has 0 radical (unpaired) electrons. The number of imidazole rings is 1. The fraction of sp³-hybridized carbons (Fsp3) is 0.125. The molecule has 5 nitrogen and oxygen atoms in total. The lowest BCUT2D eigenvalue weighted by Gasteiger charge is -2.00. The number of rotatable bonds is 3. The molecular formula is C16H15N3O2. The molecule has 0 fully saturated rings. The van der Waals surface area contributed by atoms with Crippen LogP contribution in [-0.2, 0) is 0 Å². The number of fused-ring (bicyclic) bond motifs is 1. The van der Waals surface area contributed by atoms with Gasteiger partial charge in [-0.2, -0.15) is 0 Å². The van der Waals surface area contributed by atoms with Crippen LogP contribution in [0.1, 0.15) is 10.4 Å². The first kappa shape index (κ1) is 13.2. The zero-order chi connectivity index (χ0) is 14.8. The summed E-state index contributed by atoms with van der Waals surface area (Å²) in [4.78, 5) is 19.4. The van der Waals surface area contributed by atoms with E-state index in [4.69, 9.17) is 4.74 Å². The average Bonchev–Trinajstić information content (AvgIpc) is 2.97. The third-order valence-electron chi connectivity index (χ3n) is 3.33. The number of hydrogen-bond donors (Lipinski definition) is 2. The van der Waals surface area contributed by atoms with Crippen molar-refractivity contribution in [1.82, 2.24) is 15.3 Å². The largest absolute Gasteiger partial charge is 0.497 e. The van der Waals surface area contributed by atoms with Crippen LogP contribution in [0.15, 0.2) is 42.5 Å². The van der Waals surface area contributed by atoms with Crippen molar-refractivity contribution in [3.05, 3.63) is 48.0 Å². The van der Waals surface area contributed by atoms with Crippen molar-refractivity contribution in [3.63, 3.8) is 0 Å².